The van der Waals surface area contributed by atoms with Gasteiger partial charge in [0.25, 0.3) is 0 Å². The van der Waals surface area contributed by atoms with Crippen LogP contribution in [0, 0.1) is 24.2 Å². The van der Waals surface area contributed by atoms with Crippen LogP contribution in [-0.4, -0.2) is 44.4 Å². The van der Waals surface area contributed by atoms with Gasteiger partial charge in [0, 0.05) is 30.1 Å². The van der Waals surface area contributed by atoms with E-state index in [0.29, 0.717) is 30.0 Å². The van der Waals surface area contributed by atoms with Gasteiger partial charge < -0.3 is 4.90 Å². The summed E-state index contributed by atoms with van der Waals surface area (Å²) in [5.41, 5.74) is 1.52. The summed E-state index contributed by atoms with van der Waals surface area (Å²) in [6, 6.07) is 3.72. The van der Waals surface area contributed by atoms with Crippen LogP contribution in [0.4, 0.5) is 0 Å². The van der Waals surface area contributed by atoms with E-state index in [1.807, 2.05) is 19.9 Å². The van der Waals surface area contributed by atoms with Crippen LogP contribution in [0.15, 0.2) is 12.3 Å². The molecule has 0 bridgehead atoms. The summed E-state index contributed by atoms with van der Waals surface area (Å²) in [5.74, 6) is -2.19. The third-order valence-electron chi connectivity index (χ3n) is 4.57. The summed E-state index contributed by atoms with van der Waals surface area (Å²) in [6.07, 6.45) is 3.49. The molecule has 7 nitrogen and oxygen atoms in total. The largest absolute Gasteiger partial charge is 0.341 e. The highest BCUT2D eigenvalue weighted by Crippen LogP contribution is 2.22. The molecule has 1 fully saturated rings. The van der Waals surface area contributed by atoms with Crippen molar-refractivity contribution in [1.82, 2.24) is 19.7 Å². The molecule has 0 unspecified atom stereocenters. The summed E-state index contributed by atoms with van der Waals surface area (Å²) >= 11 is 0. The van der Waals surface area contributed by atoms with E-state index >= 15 is 0 Å². The number of hydrogen-bond acceptors (Lipinski definition) is 5. The number of aromatic nitrogens is 3. The van der Waals surface area contributed by atoms with Crippen LogP contribution in [0.25, 0.3) is 11.0 Å². The van der Waals surface area contributed by atoms with E-state index in [0.717, 1.165) is 18.2 Å². The minimum atomic E-state index is -1.31. The first-order valence-corrected chi connectivity index (χ1v) is 8.51. The van der Waals surface area contributed by atoms with Crippen LogP contribution in [0.5, 0.6) is 0 Å². The average Bonchev–Trinajstić information content (AvgIpc) is 3.23. The fourth-order valence-electron chi connectivity index (χ4n) is 3.19. The van der Waals surface area contributed by atoms with Gasteiger partial charge in [-0.2, -0.15) is 10.4 Å². The minimum absolute atomic E-state index is 0.148. The Hall–Kier alpha value is -2.75. The molecule has 25 heavy (non-hydrogen) atoms. The number of Topliss-reactive ketones (excluding diaryl/α,β-unsaturated/α-hetero) is 1. The predicted octanol–water partition coefficient (Wildman–Crippen LogP) is 2.27. The van der Waals surface area contributed by atoms with E-state index in [1.54, 1.807) is 28.8 Å². The first-order valence-electron chi connectivity index (χ1n) is 8.51. The van der Waals surface area contributed by atoms with Crippen molar-refractivity contribution in [3.8, 4) is 6.07 Å². The van der Waals surface area contributed by atoms with Crippen molar-refractivity contribution in [1.29, 1.82) is 5.26 Å². The molecule has 0 spiro atoms. The molecule has 1 aliphatic rings. The van der Waals surface area contributed by atoms with E-state index in [9.17, 15) is 14.9 Å². The lowest BCUT2D eigenvalue weighted by molar-refractivity contribution is -0.131. The van der Waals surface area contributed by atoms with E-state index in [-0.39, 0.29) is 6.04 Å². The van der Waals surface area contributed by atoms with Gasteiger partial charge in [-0.05, 0) is 39.7 Å². The van der Waals surface area contributed by atoms with Gasteiger partial charge >= 0.3 is 0 Å². The Morgan fingerprint density at radius 3 is 2.56 bits per heavy atom. The van der Waals surface area contributed by atoms with Crippen LogP contribution < -0.4 is 0 Å². The Kier molecular flexibility index (Phi) is 4.53. The normalized spacial score (nSPS) is 15.6. The maximum atomic E-state index is 12.8. The molecule has 1 aliphatic heterocycles. The molecular weight excluding hydrogens is 318 g/mol. The second kappa shape index (κ2) is 6.63. The van der Waals surface area contributed by atoms with Gasteiger partial charge in [-0.1, -0.05) is 0 Å². The number of likely N-dealkylation sites (tertiary alicyclic amines) is 1. The number of nitriles is 1. The molecule has 1 saturated heterocycles. The Morgan fingerprint density at radius 2 is 1.96 bits per heavy atom. The smallest absolute Gasteiger partial charge is 0.247 e. The lowest BCUT2D eigenvalue weighted by Crippen LogP contribution is -2.37. The number of ketones is 1. The van der Waals surface area contributed by atoms with Crippen LogP contribution in [0.2, 0.25) is 0 Å². The molecule has 3 heterocycles. The van der Waals surface area contributed by atoms with Crippen molar-refractivity contribution < 1.29 is 9.59 Å². The lowest BCUT2D eigenvalue weighted by atomic mass is 9.96. The highest BCUT2D eigenvalue weighted by Gasteiger charge is 2.33. The summed E-state index contributed by atoms with van der Waals surface area (Å²) in [4.78, 5) is 31.4. The minimum Gasteiger partial charge on any atom is -0.341 e. The Morgan fingerprint density at radius 1 is 1.28 bits per heavy atom. The molecule has 3 rings (SSSR count). The first kappa shape index (κ1) is 17.1. The van der Waals surface area contributed by atoms with Crippen LogP contribution in [0.3, 0.4) is 0 Å². The zero-order chi connectivity index (χ0) is 18.1. The van der Waals surface area contributed by atoms with Gasteiger partial charge in [-0.3, -0.25) is 9.59 Å². The SMILES string of the molecule is Cc1nc2c(cnn2C(C)C)cc1C(=O)[C@@H](C#N)C(=O)N1CCCC1. The van der Waals surface area contributed by atoms with Crippen LogP contribution in [0.1, 0.15) is 48.8 Å². The standard InChI is InChI=1S/C18H21N5O2/c1-11(2)23-17-13(10-20-23)8-14(12(3)21-17)16(24)15(9-19)18(25)22-6-4-5-7-22/h8,10-11,15H,4-7H2,1-3H3/t15-/m1/s1. The monoisotopic (exact) mass is 339 g/mol. The molecule has 2 aromatic heterocycles. The number of aryl methyl sites for hydroxylation is 1. The Bertz CT molecular complexity index is 871. The van der Waals surface area contributed by atoms with Gasteiger partial charge in [-0.25, -0.2) is 9.67 Å². The van der Waals surface area contributed by atoms with Gasteiger partial charge in [0.15, 0.2) is 17.3 Å². The second-order valence-corrected chi connectivity index (χ2v) is 6.68. The maximum absolute atomic E-state index is 12.8. The predicted molar refractivity (Wildman–Crippen MR) is 91.9 cm³/mol. The number of amides is 1. The van der Waals surface area contributed by atoms with Crippen molar-refractivity contribution in [2.75, 3.05) is 13.1 Å². The average molecular weight is 339 g/mol. The zero-order valence-corrected chi connectivity index (χ0v) is 14.7. The third kappa shape index (κ3) is 3.00. The number of hydrogen-bond donors (Lipinski definition) is 0. The van der Waals surface area contributed by atoms with Crippen LogP contribution >= 0.6 is 0 Å². The molecule has 7 heteroatoms. The number of nitrogens with zero attached hydrogens (tertiary/aromatic N) is 5. The van der Waals surface area contributed by atoms with Crippen molar-refractivity contribution >= 4 is 22.7 Å². The van der Waals surface area contributed by atoms with Crippen LogP contribution in [-0.2, 0) is 4.79 Å². The fourth-order valence-corrected chi connectivity index (χ4v) is 3.19. The Balaban J connectivity index is 1.97. The fraction of sp³-hybridized carbons (Fsp3) is 0.500. The summed E-state index contributed by atoms with van der Waals surface area (Å²) in [7, 11) is 0. The lowest BCUT2D eigenvalue weighted by Gasteiger charge is -2.18. The molecule has 0 N–H and O–H groups in total. The molecule has 2 aromatic rings. The quantitative estimate of drug-likeness (QED) is 0.629. The van der Waals surface area contributed by atoms with Gasteiger partial charge in [0.05, 0.1) is 18.0 Å². The van der Waals surface area contributed by atoms with E-state index < -0.39 is 17.6 Å². The molecule has 130 valence electrons. The molecule has 0 radical (unpaired) electrons. The number of fused-ring (bicyclic) bond motifs is 1. The molecular formula is C18H21N5O2. The first-order chi connectivity index (χ1) is 11.9. The van der Waals surface area contributed by atoms with Gasteiger partial charge in [0.2, 0.25) is 5.91 Å². The summed E-state index contributed by atoms with van der Waals surface area (Å²) < 4.78 is 1.79. The molecule has 1 amide bonds. The maximum Gasteiger partial charge on any atom is 0.247 e. The molecule has 0 aromatic carbocycles. The Labute approximate surface area is 146 Å². The van der Waals surface area contributed by atoms with Crippen molar-refractivity contribution in [3.63, 3.8) is 0 Å². The van der Waals surface area contributed by atoms with E-state index in [1.165, 1.54) is 0 Å². The molecule has 1 atom stereocenters. The van der Waals surface area contributed by atoms with Crippen molar-refractivity contribution in [2.24, 2.45) is 5.92 Å². The summed E-state index contributed by atoms with van der Waals surface area (Å²) in [6.45, 7) is 6.95. The second-order valence-electron chi connectivity index (χ2n) is 6.68. The highest BCUT2D eigenvalue weighted by atomic mass is 16.2. The van der Waals surface area contributed by atoms with Gasteiger partial charge in [-0.15, -0.1) is 0 Å². The third-order valence-corrected chi connectivity index (χ3v) is 4.57. The zero-order valence-electron chi connectivity index (χ0n) is 14.7. The summed E-state index contributed by atoms with van der Waals surface area (Å²) in [5, 5.41) is 14.4. The molecule has 0 aliphatic carbocycles. The number of carbonyl (C=O) groups excluding carboxylic acids is 2. The van der Waals surface area contributed by atoms with E-state index in [4.69, 9.17) is 0 Å². The van der Waals surface area contributed by atoms with Gasteiger partial charge in [0.1, 0.15) is 0 Å². The molecule has 0 saturated carbocycles. The topological polar surface area (TPSA) is 91.9 Å². The number of pyridine rings is 1. The highest BCUT2D eigenvalue weighted by molar-refractivity contribution is 6.13. The number of carbonyl (C=O) groups is 2. The van der Waals surface area contributed by atoms with Crippen molar-refractivity contribution in [2.45, 2.75) is 39.7 Å². The number of rotatable bonds is 4. The van der Waals surface area contributed by atoms with Crippen molar-refractivity contribution in [3.05, 3.63) is 23.5 Å². The van der Waals surface area contributed by atoms with E-state index in [2.05, 4.69) is 10.1 Å².